The van der Waals surface area contributed by atoms with Crippen LogP contribution in [0.15, 0.2) is 0 Å². The second kappa shape index (κ2) is 35.0. The van der Waals surface area contributed by atoms with Crippen LogP contribution in [0.25, 0.3) is 0 Å². The highest BCUT2D eigenvalue weighted by atomic mass is 32.3. The number of ether oxygens (including phenoxy) is 14. The molecule has 95 heavy (non-hydrogen) atoms. The summed E-state index contributed by atoms with van der Waals surface area (Å²) in [6.07, 6.45) is -67.0. The van der Waals surface area contributed by atoms with E-state index in [1.807, 2.05) is 0 Å². The average Bonchev–Trinajstić information content (AvgIpc) is 0.781. The van der Waals surface area contributed by atoms with Crippen LogP contribution in [0.1, 0.15) is 33.1 Å². The second-order valence-corrected chi connectivity index (χ2v) is 24.3. The Labute approximate surface area is 539 Å². The molecule has 35 atom stereocenters. The summed E-state index contributed by atoms with van der Waals surface area (Å²) in [4.78, 5) is 37.5. The lowest BCUT2D eigenvalue weighted by Gasteiger charge is -2.51. The summed E-state index contributed by atoms with van der Waals surface area (Å²) < 4.78 is 119. The molecule has 0 radical (unpaired) electrons. The Morgan fingerprint density at radius 1 is 0.400 bits per heavy atom. The highest BCUT2D eigenvalue weighted by Gasteiger charge is 2.60. The average molecular weight is 1410 g/mol. The third-order valence-electron chi connectivity index (χ3n) is 16.6. The Kier molecular flexibility index (Phi) is 29.2. The fourth-order valence-corrected chi connectivity index (χ4v) is 12.3. The van der Waals surface area contributed by atoms with Gasteiger partial charge in [0.05, 0.1) is 39.6 Å². The molecule has 7 saturated heterocycles. The Balaban J connectivity index is 1.07. The Hall–Kier alpha value is -3.04. The quantitative estimate of drug-likeness (QED) is 0.0188. The van der Waals surface area contributed by atoms with Crippen LogP contribution < -0.4 is 16.4 Å². The molecule has 7 heterocycles. The van der Waals surface area contributed by atoms with Crippen molar-refractivity contribution in [1.82, 2.24) is 10.6 Å². The standard InChI is InChI=1S/C51H87N3O40S/c1-14(61)53-22-27(66)36(19(11-58)84-46(22)91-40-25(64)17(9-56)83-50(33(40)72)89-38-21(13-60)86-47(30(69)29(38)68)80-7-5-3-4-6-52)87-48-32(71)39(24(63)16(8-55)81-48)90-45-23(54-15(2)62)28(67)37(20(12-59)85-45)88-49-34(73)41(26(65)18(10-57)82-49)92-51-35(74)42(94-95(77,78)79)31(70)43(93-51)44(75)76/h16-43,45-51,55-60,63-74H,3-13,52H2,1-2H3,(H,53,61)(H,54,62)(H,75,76)(H,77,78,79)/p-1/t16-,17-,18-,19-,20-,21-,22-,23-,24+,25+,26+,27-,28-,29-,30-,31+,32-,33-,34-,35-,36-,37-,38-,39+,40+,41+,42+,43+,45+,46+,47-,48+,49+,50+,51-/m1/s1. The number of nitrogens with one attached hydrogen (secondary N) is 2. The topological polar surface area (TPSA) is 681 Å². The van der Waals surface area contributed by atoms with Crippen molar-refractivity contribution in [3.8, 4) is 0 Å². The molecule has 7 rings (SSSR count). The summed E-state index contributed by atoms with van der Waals surface area (Å²) in [5.41, 5.74) is 5.52. The maximum absolute atomic E-state index is 12.8. The molecule has 0 aromatic carbocycles. The van der Waals surface area contributed by atoms with E-state index in [4.69, 9.17) is 72.0 Å². The molecule has 0 saturated carbocycles. The largest absolute Gasteiger partial charge is 0.726 e. The first-order valence-electron chi connectivity index (χ1n) is 29.9. The first kappa shape index (κ1) is 79.3. The minimum Gasteiger partial charge on any atom is -0.726 e. The smallest absolute Gasteiger partial charge is 0.335 e. The maximum Gasteiger partial charge on any atom is 0.335 e. The van der Waals surface area contributed by atoms with Gasteiger partial charge < -0.3 is 184 Å². The van der Waals surface area contributed by atoms with Crippen molar-refractivity contribution in [2.24, 2.45) is 5.73 Å². The minimum atomic E-state index is -5.79. The first-order chi connectivity index (χ1) is 44.9. The van der Waals surface area contributed by atoms with E-state index in [-0.39, 0.29) is 6.61 Å². The summed E-state index contributed by atoms with van der Waals surface area (Å²) in [6.45, 7) is -4.05. The number of carboxylic acid groups (broad SMARTS) is 1. The number of aliphatic hydroxyl groups excluding tert-OH is 18. The zero-order valence-electron chi connectivity index (χ0n) is 50.5. The van der Waals surface area contributed by atoms with Crippen molar-refractivity contribution >= 4 is 28.2 Å². The fraction of sp³-hybridized carbons (Fsp3) is 0.941. The number of rotatable bonds is 29. The van der Waals surface area contributed by atoms with E-state index in [1.165, 1.54) is 0 Å². The van der Waals surface area contributed by atoms with Crippen molar-refractivity contribution in [3.63, 3.8) is 0 Å². The van der Waals surface area contributed by atoms with Gasteiger partial charge >= 0.3 is 5.97 Å². The molecular weight excluding hydrogens is 1330 g/mol. The molecule has 7 aliphatic rings. The minimum absolute atomic E-state index is 0.0665. The molecule has 0 unspecified atom stereocenters. The van der Waals surface area contributed by atoms with Crippen molar-refractivity contribution in [2.45, 2.75) is 248 Å². The SMILES string of the molecule is CC(=O)N[C@H]1[C@H](O[C@H]2[C@@H](O)[C@@H](CO)O[C@@H](O[C@H]3[C@H](O)[C@@H](O)[C@H](OCCCCCN)O[C@@H]3CO)[C@@H]2O)O[C@H](CO)[C@@H](O[C@@H]2O[C@H](CO)[C@H](O)[C@H](O[C@@H]3O[C@H](CO)[C@@H](O[C@@H]4O[C@H](CO)[C@H](O)[C@H](O[C@@H]5O[C@H](C(=O)O)[C@@H](O)[C@H](OS(=O)(=O)[O-])[C@H]5O)[C@H]4O)[C@H](O)[C@H]3NC(C)=O)[C@H]2O)[C@@H]1O. The summed E-state index contributed by atoms with van der Waals surface area (Å²) in [7, 11) is -5.79. The van der Waals surface area contributed by atoms with Gasteiger partial charge in [0.1, 0.15) is 165 Å². The highest BCUT2D eigenvalue weighted by molar-refractivity contribution is 7.80. The zero-order valence-corrected chi connectivity index (χ0v) is 51.4. The monoisotopic (exact) mass is 1410 g/mol. The molecule has 0 aliphatic carbocycles. The number of carbonyl (C=O) groups is 3. The number of carboxylic acids is 1. The number of carbonyl (C=O) groups excluding carboxylic acids is 2. The first-order valence-corrected chi connectivity index (χ1v) is 31.3. The van der Waals surface area contributed by atoms with Crippen LogP contribution >= 0.6 is 0 Å². The summed E-state index contributed by atoms with van der Waals surface area (Å²) >= 11 is 0. The lowest BCUT2D eigenvalue weighted by molar-refractivity contribution is -0.389. The van der Waals surface area contributed by atoms with Crippen molar-refractivity contribution in [3.05, 3.63) is 0 Å². The third-order valence-corrected chi connectivity index (χ3v) is 17.1. The van der Waals surface area contributed by atoms with Gasteiger partial charge in [0.2, 0.25) is 22.2 Å². The molecule has 7 aliphatic heterocycles. The summed E-state index contributed by atoms with van der Waals surface area (Å²) in [5, 5.41) is 213. The summed E-state index contributed by atoms with van der Waals surface area (Å²) in [5.74, 6) is -3.88. The molecule has 7 fully saturated rings. The highest BCUT2D eigenvalue weighted by Crippen LogP contribution is 2.39. The van der Waals surface area contributed by atoms with Crippen LogP contribution in [0, 0.1) is 0 Å². The van der Waals surface area contributed by atoms with E-state index in [0.29, 0.717) is 25.8 Å². The van der Waals surface area contributed by atoms with Gasteiger partial charge in [0.25, 0.3) is 0 Å². The number of hydrogen-bond acceptors (Lipinski definition) is 40. The zero-order chi connectivity index (χ0) is 70.2. The number of aliphatic hydroxyl groups is 18. The van der Waals surface area contributed by atoms with Gasteiger partial charge in [0, 0.05) is 20.5 Å². The fourth-order valence-electron chi connectivity index (χ4n) is 11.8. The molecule has 0 aromatic heterocycles. The number of nitrogens with two attached hydrogens (primary N) is 1. The lowest BCUT2D eigenvalue weighted by Crippen LogP contribution is -2.71. The van der Waals surface area contributed by atoms with Crippen LogP contribution in [0.2, 0.25) is 0 Å². The van der Waals surface area contributed by atoms with E-state index >= 15 is 0 Å². The molecule has 0 spiro atoms. The van der Waals surface area contributed by atoms with Gasteiger partial charge in [-0.05, 0) is 25.8 Å². The maximum atomic E-state index is 12.8. The van der Waals surface area contributed by atoms with Gasteiger partial charge in [-0.2, -0.15) is 0 Å². The number of amides is 2. The van der Waals surface area contributed by atoms with E-state index in [9.17, 15) is 124 Å². The van der Waals surface area contributed by atoms with Crippen molar-refractivity contribution < 1.29 is 195 Å². The Morgan fingerprint density at radius 3 is 1.07 bits per heavy atom. The van der Waals surface area contributed by atoms with E-state index in [0.717, 1.165) is 13.8 Å². The van der Waals surface area contributed by atoms with Crippen LogP contribution in [-0.2, 0) is 95.3 Å². The van der Waals surface area contributed by atoms with Crippen LogP contribution in [0.3, 0.4) is 0 Å². The third kappa shape index (κ3) is 18.6. The number of aliphatic carboxylic acids is 1. The Morgan fingerprint density at radius 2 is 0.726 bits per heavy atom. The van der Waals surface area contributed by atoms with E-state index < -0.39 is 283 Å². The normalized spacial score (nSPS) is 46.0. The molecule has 23 N–H and O–H groups in total. The van der Waals surface area contributed by atoms with E-state index in [2.05, 4.69) is 14.8 Å². The van der Waals surface area contributed by atoms with Gasteiger partial charge in [-0.1, -0.05) is 0 Å². The molecular formula is C51H86N3O40S-. The number of hydrogen-bond donors (Lipinski definition) is 22. The van der Waals surface area contributed by atoms with Gasteiger partial charge in [-0.25, -0.2) is 13.2 Å². The van der Waals surface area contributed by atoms with Gasteiger partial charge in [0.15, 0.2) is 50.1 Å². The molecule has 0 aromatic rings. The van der Waals surface area contributed by atoms with Gasteiger partial charge in [-0.3, -0.25) is 13.8 Å². The van der Waals surface area contributed by atoms with Crippen LogP contribution in [0.5, 0.6) is 0 Å². The molecule has 0 bridgehead atoms. The van der Waals surface area contributed by atoms with Gasteiger partial charge in [-0.15, -0.1) is 0 Å². The molecule has 2 amide bonds. The van der Waals surface area contributed by atoms with Crippen LogP contribution in [0.4, 0.5) is 0 Å². The van der Waals surface area contributed by atoms with Crippen LogP contribution in [-0.4, -0.2) is 395 Å². The van der Waals surface area contributed by atoms with Crippen molar-refractivity contribution in [1.29, 1.82) is 0 Å². The van der Waals surface area contributed by atoms with Crippen molar-refractivity contribution in [2.75, 3.05) is 52.8 Å². The summed E-state index contributed by atoms with van der Waals surface area (Å²) in [6, 6.07) is -3.81. The lowest BCUT2D eigenvalue weighted by atomic mass is 9.93. The predicted octanol–water partition coefficient (Wildman–Crippen LogP) is -15.3. The number of unbranched alkanes of at least 4 members (excludes halogenated alkanes) is 2. The Bertz CT molecular complexity index is 2530. The molecule has 44 heteroatoms. The molecule has 552 valence electrons. The molecule has 43 nitrogen and oxygen atoms in total. The van der Waals surface area contributed by atoms with E-state index in [1.54, 1.807) is 0 Å². The predicted molar refractivity (Wildman–Crippen MR) is 291 cm³/mol. The second-order valence-electron chi connectivity index (χ2n) is 23.2.